The Morgan fingerprint density at radius 1 is 1.33 bits per heavy atom. The van der Waals surface area contributed by atoms with E-state index in [9.17, 15) is 8.42 Å². The highest BCUT2D eigenvalue weighted by Gasteiger charge is 2.23. The molecular weight excluding hydrogens is 310 g/mol. The standard InChI is InChI=1S/C13H19N3O3S2/c1-4-14-6-11-13(9(2)8-20-11)21(17,18)16-7-12-15-5-10(3)19-12/h5,8,14,16H,4,6-7H2,1-3H3. The highest BCUT2D eigenvalue weighted by atomic mass is 32.2. The molecule has 116 valence electrons. The third-order valence-corrected chi connectivity index (χ3v) is 5.74. The summed E-state index contributed by atoms with van der Waals surface area (Å²) in [4.78, 5) is 5.16. The number of nitrogens with zero attached hydrogens (tertiary/aromatic N) is 1. The lowest BCUT2D eigenvalue weighted by molar-refractivity contribution is 0.463. The summed E-state index contributed by atoms with van der Waals surface area (Å²) in [7, 11) is -3.58. The third-order valence-electron chi connectivity index (χ3n) is 2.88. The first-order valence-corrected chi connectivity index (χ1v) is 8.99. The number of sulfonamides is 1. The Balaban J connectivity index is 2.17. The first kappa shape index (κ1) is 16.2. The van der Waals surface area contributed by atoms with Crippen molar-refractivity contribution in [2.75, 3.05) is 6.54 Å². The molecule has 2 aromatic rings. The van der Waals surface area contributed by atoms with Crippen molar-refractivity contribution >= 4 is 21.4 Å². The molecule has 0 atom stereocenters. The molecule has 21 heavy (non-hydrogen) atoms. The van der Waals surface area contributed by atoms with E-state index in [1.54, 1.807) is 20.0 Å². The number of hydrogen-bond acceptors (Lipinski definition) is 6. The molecule has 2 heterocycles. The summed E-state index contributed by atoms with van der Waals surface area (Å²) in [6, 6.07) is 0. The SMILES string of the molecule is CCNCc1scc(C)c1S(=O)(=O)NCc1ncc(C)o1. The van der Waals surface area contributed by atoms with Crippen molar-refractivity contribution in [3.05, 3.63) is 33.7 Å². The van der Waals surface area contributed by atoms with Crippen LogP contribution in [0, 0.1) is 13.8 Å². The van der Waals surface area contributed by atoms with Gasteiger partial charge in [0, 0.05) is 11.4 Å². The molecule has 6 nitrogen and oxygen atoms in total. The van der Waals surface area contributed by atoms with E-state index < -0.39 is 10.0 Å². The van der Waals surface area contributed by atoms with Crippen LogP contribution >= 0.6 is 11.3 Å². The van der Waals surface area contributed by atoms with Gasteiger partial charge in [-0.3, -0.25) is 0 Å². The maximum atomic E-state index is 12.5. The first-order valence-electron chi connectivity index (χ1n) is 6.62. The van der Waals surface area contributed by atoms with Crippen molar-refractivity contribution in [1.82, 2.24) is 15.0 Å². The van der Waals surface area contributed by atoms with Gasteiger partial charge in [-0.1, -0.05) is 6.92 Å². The summed E-state index contributed by atoms with van der Waals surface area (Å²) in [6.07, 6.45) is 1.57. The first-order chi connectivity index (χ1) is 9.94. The predicted octanol–water partition coefficient (Wildman–Crippen LogP) is 1.94. The fourth-order valence-electron chi connectivity index (χ4n) is 1.92. The van der Waals surface area contributed by atoms with Crippen LogP contribution in [0.25, 0.3) is 0 Å². The minimum Gasteiger partial charge on any atom is -0.445 e. The summed E-state index contributed by atoms with van der Waals surface area (Å²) >= 11 is 1.45. The number of thiophene rings is 1. The molecule has 2 N–H and O–H groups in total. The van der Waals surface area contributed by atoms with Gasteiger partial charge in [0.25, 0.3) is 0 Å². The van der Waals surface area contributed by atoms with E-state index in [-0.39, 0.29) is 6.54 Å². The molecule has 8 heteroatoms. The Morgan fingerprint density at radius 2 is 2.10 bits per heavy atom. The molecule has 0 saturated carbocycles. The average Bonchev–Trinajstić information content (AvgIpc) is 3.00. The second kappa shape index (κ2) is 6.69. The lowest BCUT2D eigenvalue weighted by Gasteiger charge is -2.08. The molecule has 0 aromatic carbocycles. The van der Waals surface area contributed by atoms with Crippen molar-refractivity contribution in [3.8, 4) is 0 Å². The molecule has 0 amide bonds. The van der Waals surface area contributed by atoms with Crippen molar-refractivity contribution in [2.45, 2.75) is 38.8 Å². The second-order valence-electron chi connectivity index (χ2n) is 4.64. The zero-order chi connectivity index (χ0) is 15.5. The van der Waals surface area contributed by atoms with Gasteiger partial charge in [0.2, 0.25) is 15.9 Å². The van der Waals surface area contributed by atoms with Crippen LogP contribution in [0.5, 0.6) is 0 Å². The summed E-state index contributed by atoms with van der Waals surface area (Å²) in [5.74, 6) is 1.01. The maximum Gasteiger partial charge on any atom is 0.242 e. The van der Waals surface area contributed by atoms with E-state index in [0.29, 0.717) is 23.1 Å². The number of hydrogen-bond donors (Lipinski definition) is 2. The van der Waals surface area contributed by atoms with Crippen LogP contribution in [0.3, 0.4) is 0 Å². The van der Waals surface area contributed by atoms with E-state index in [4.69, 9.17) is 4.42 Å². The van der Waals surface area contributed by atoms with Crippen LogP contribution in [0.1, 0.15) is 29.0 Å². The molecular formula is C13H19N3O3S2. The third kappa shape index (κ3) is 3.91. The molecule has 0 bridgehead atoms. The number of oxazole rings is 1. The van der Waals surface area contributed by atoms with Crippen LogP contribution in [0.2, 0.25) is 0 Å². The molecule has 2 aromatic heterocycles. The van der Waals surface area contributed by atoms with Gasteiger partial charge in [-0.05, 0) is 31.3 Å². The summed E-state index contributed by atoms with van der Waals surface area (Å²) in [6.45, 7) is 6.94. The van der Waals surface area contributed by atoms with Gasteiger partial charge in [0.15, 0.2) is 0 Å². The van der Waals surface area contributed by atoms with Crippen LogP contribution in [0.4, 0.5) is 0 Å². The van der Waals surface area contributed by atoms with Crippen LogP contribution in [-0.2, 0) is 23.1 Å². The lowest BCUT2D eigenvalue weighted by Crippen LogP contribution is -2.25. The summed E-state index contributed by atoms with van der Waals surface area (Å²) < 4.78 is 32.8. The summed E-state index contributed by atoms with van der Waals surface area (Å²) in [5.41, 5.74) is 0.754. The Kier molecular flexibility index (Phi) is 5.15. The number of aryl methyl sites for hydroxylation is 2. The van der Waals surface area contributed by atoms with Gasteiger partial charge in [-0.2, -0.15) is 0 Å². The molecule has 0 fully saturated rings. The molecule has 0 aliphatic carbocycles. The molecule has 0 spiro atoms. The molecule has 0 aliphatic rings. The normalized spacial score (nSPS) is 12.0. The smallest absolute Gasteiger partial charge is 0.242 e. The quantitative estimate of drug-likeness (QED) is 0.811. The highest BCUT2D eigenvalue weighted by molar-refractivity contribution is 7.89. The average molecular weight is 329 g/mol. The maximum absolute atomic E-state index is 12.5. The minimum atomic E-state index is -3.58. The van der Waals surface area contributed by atoms with Gasteiger partial charge in [0.05, 0.1) is 12.7 Å². The fourth-order valence-corrected chi connectivity index (χ4v) is 4.67. The van der Waals surface area contributed by atoms with E-state index in [1.807, 2.05) is 12.3 Å². The number of nitrogens with one attached hydrogen (secondary N) is 2. The second-order valence-corrected chi connectivity index (χ2v) is 7.31. The van der Waals surface area contributed by atoms with Gasteiger partial charge in [-0.25, -0.2) is 18.1 Å². The zero-order valence-electron chi connectivity index (χ0n) is 12.3. The molecule has 0 aliphatic heterocycles. The number of rotatable bonds is 7. The largest absolute Gasteiger partial charge is 0.445 e. The fraction of sp³-hybridized carbons (Fsp3) is 0.462. The Morgan fingerprint density at radius 3 is 2.71 bits per heavy atom. The van der Waals surface area contributed by atoms with Crippen molar-refractivity contribution in [3.63, 3.8) is 0 Å². The zero-order valence-corrected chi connectivity index (χ0v) is 13.9. The Hall–Kier alpha value is -1.22. The molecule has 0 radical (unpaired) electrons. The van der Waals surface area contributed by atoms with E-state index in [0.717, 1.165) is 17.0 Å². The molecule has 0 saturated heterocycles. The summed E-state index contributed by atoms with van der Waals surface area (Å²) in [5, 5.41) is 5.01. The Bertz CT molecular complexity index is 704. The van der Waals surface area contributed by atoms with E-state index in [2.05, 4.69) is 15.0 Å². The van der Waals surface area contributed by atoms with Crippen molar-refractivity contribution < 1.29 is 12.8 Å². The van der Waals surface area contributed by atoms with Gasteiger partial charge < -0.3 is 9.73 Å². The van der Waals surface area contributed by atoms with Gasteiger partial charge >= 0.3 is 0 Å². The van der Waals surface area contributed by atoms with E-state index in [1.165, 1.54) is 11.3 Å². The van der Waals surface area contributed by atoms with Crippen LogP contribution in [0.15, 0.2) is 20.9 Å². The molecule has 2 rings (SSSR count). The van der Waals surface area contributed by atoms with Gasteiger partial charge in [0.1, 0.15) is 10.7 Å². The topological polar surface area (TPSA) is 84.2 Å². The van der Waals surface area contributed by atoms with Crippen LogP contribution in [-0.4, -0.2) is 19.9 Å². The van der Waals surface area contributed by atoms with Crippen molar-refractivity contribution in [2.24, 2.45) is 0 Å². The lowest BCUT2D eigenvalue weighted by atomic mass is 10.3. The van der Waals surface area contributed by atoms with Crippen molar-refractivity contribution in [1.29, 1.82) is 0 Å². The monoisotopic (exact) mass is 329 g/mol. The molecule has 0 unspecified atom stereocenters. The minimum absolute atomic E-state index is 0.0477. The van der Waals surface area contributed by atoms with E-state index >= 15 is 0 Å². The van der Waals surface area contributed by atoms with Gasteiger partial charge in [-0.15, -0.1) is 11.3 Å². The number of aromatic nitrogens is 1. The Labute approximate surface area is 128 Å². The van der Waals surface area contributed by atoms with Crippen LogP contribution < -0.4 is 10.0 Å². The highest BCUT2D eigenvalue weighted by Crippen LogP contribution is 2.26. The predicted molar refractivity (Wildman–Crippen MR) is 81.7 cm³/mol.